The van der Waals surface area contributed by atoms with Gasteiger partial charge >= 0.3 is 0 Å². The third kappa shape index (κ3) is 2.48. The molecule has 1 fully saturated rings. The summed E-state index contributed by atoms with van der Waals surface area (Å²) < 4.78 is 0. The summed E-state index contributed by atoms with van der Waals surface area (Å²) in [4.78, 5) is 2.43. The molecule has 2 rings (SSSR count). The van der Waals surface area contributed by atoms with E-state index in [0.29, 0.717) is 0 Å². The van der Waals surface area contributed by atoms with E-state index in [-0.39, 0.29) is 5.54 Å². The smallest absolute Gasteiger partial charge is 0.0699 e. The van der Waals surface area contributed by atoms with Crippen molar-refractivity contribution in [1.29, 1.82) is 0 Å². The number of nitrogens with one attached hydrogen (secondary N) is 1. The zero-order chi connectivity index (χ0) is 12.1. The minimum Gasteiger partial charge on any atom is -0.313 e. The molecule has 1 aromatic rings. The predicted octanol–water partition coefficient (Wildman–Crippen LogP) is 2.20. The Morgan fingerprint density at radius 2 is 1.94 bits per heavy atom. The first-order chi connectivity index (χ1) is 8.30. The molecule has 1 aliphatic heterocycles. The molecule has 1 N–H and O–H groups in total. The molecule has 0 radical (unpaired) electrons. The van der Waals surface area contributed by atoms with Crippen LogP contribution < -0.4 is 5.32 Å². The molecule has 0 unspecified atom stereocenters. The molecular formula is C15H20N2. The van der Waals surface area contributed by atoms with Gasteiger partial charge in [-0.2, -0.15) is 0 Å². The van der Waals surface area contributed by atoms with Gasteiger partial charge in [-0.25, -0.2) is 0 Å². The van der Waals surface area contributed by atoms with Crippen molar-refractivity contribution in [2.75, 3.05) is 19.6 Å². The minimum absolute atomic E-state index is 0.117. The van der Waals surface area contributed by atoms with E-state index in [1.54, 1.807) is 0 Å². The number of hydrogen-bond acceptors (Lipinski definition) is 2. The lowest BCUT2D eigenvalue weighted by molar-refractivity contribution is 0.129. The maximum Gasteiger partial charge on any atom is 0.0699 e. The first-order valence-electron chi connectivity index (χ1n) is 6.07. The summed E-state index contributed by atoms with van der Waals surface area (Å²) in [7, 11) is 0. The van der Waals surface area contributed by atoms with E-state index in [2.05, 4.69) is 53.7 Å². The van der Waals surface area contributed by atoms with Gasteiger partial charge in [-0.3, -0.25) is 4.90 Å². The van der Waals surface area contributed by atoms with E-state index in [1.807, 2.05) is 12.2 Å². The Kier molecular flexibility index (Phi) is 3.77. The first kappa shape index (κ1) is 12.1. The van der Waals surface area contributed by atoms with Crippen LogP contribution in [0.1, 0.15) is 5.56 Å². The number of benzene rings is 1. The SMILES string of the molecule is C=CC1(C=C)CNCCN1Cc1ccccc1. The lowest BCUT2D eigenvalue weighted by Gasteiger charge is -2.43. The molecule has 1 aliphatic rings. The van der Waals surface area contributed by atoms with E-state index < -0.39 is 0 Å². The molecule has 0 spiro atoms. The van der Waals surface area contributed by atoms with Gasteiger partial charge in [0, 0.05) is 26.2 Å². The Morgan fingerprint density at radius 3 is 2.59 bits per heavy atom. The lowest BCUT2D eigenvalue weighted by Crippen LogP contribution is -2.58. The van der Waals surface area contributed by atoms with Crippen LogP contribution in [0.25, 0.3) is 0 Å². The Bertz CT molecular complexity index is 375. The molecule has 2 heteroatoms. The Labute approximate surface area is 104 Å². The lowest BCUT2D eigenvalue weighted by atomic mass is 9.94. The highest BCUT2D eigenvalue weighted by Crippen LogP contribution is 2.22. The van der Waals surface area contributed by atoms with Gasteiger partial charge < -0.3 is 5.32 Å². The summed E-state index contributed by atoms with van der Waals surface area (Å²) >= 11 is 0. The van der Waals surface area contributed by atoms with Gasteiger partial charge in [-0.15, -0.1) is 13.2 Å². The quantitative estimate of drug-likeness (QED) is 0.795. The molecular weight excluding hydrogens is 208 g/mol. The topological polar surface area (TPSA) is 15.3 Å². The second kappa shape index (κ2) is 5.30. The predicted molar refractivity (Wildman–Crippen MR) is 72.8 cm³/mol. The van der Waals surface area contributed by atoms with Crippen molar-refractivity contribution in [3.8, 4) is 0 Å². The second-order valence-corrected chi connectivity index (χ2v) is 4.48. The fourth-order valence-corrected chi connectivity index (χ4v) is 2.34. The van der Waals surface area contributed by atoms with Crippen molar-refractivity contribution in [2.45, 2.75) is 12.1 Å². The van der Waals surface area contributed by atoms with E-state index in [4.69, 9.17) is 0 Å². The molecule has 0 atom stereocenters. The minimum atomic E-state index is -0.117. The van der Waals surface area contributed by atoms with Gasteiger partial charge in [-0.05, 0) is 5.56 Å². The van der Waals surface area contributed by atoms with Crippen molar-refractivity contribution in [1.82, 2.24) is 10.2 Å². The first-order valence-corrected chi connectivity index (χ1v) is 6.07. The number of rotatable bonds is 4. The van der Waals surface area contributed by atoms with Crippen molar-refractivity contribution in [2.24, 2.45) is 0 Å². The van der Waals surface area contributed by atoms with Crippen LogP contribution in [0, 0.1) is 0 Å². The zero-order valence-corrected chi connectivity index (χ0v) is 10.2. The second-order valence-electron chi connectivity index (χ2n) is 4.48. The van der Waals surface area contributed by atoms with Crippen LogP contribution in [0.2, 0.25) is 0 Å². The molecule has 0 saturated carbocycles. The molecule has 0 aromatic heterocycles. The third-order valence-corrected chi connectivity index (χ3v) is 3.48. The molecule has 1 saturated heterocycles. The van der Waals surface area contributed by atoms with Gasteiger partial charge in [0.25, 0.3) is 0 Å². The highest BCUT2D eigenvalue weighted by Gasteiger charge is 2.32. The van der Waals surface area contributed by atoms with Crippen molar-refractivity contribution in [3.05, 3.63) is 61.2 Å². The maximum absolute atomic E-state index is 3.97. The average molecular weight is 228 g/mol. The van der Waals surface area contributed by atoms with Crippen LogP contribution >= 0.6 is 0 Å². The Balaban J connectivity index is 2.17. The van der Waals surface area contributed by atoms with Crippen molar-refractivity contribution in [3.63, 3.8) is 0 Å². The molecule has 17 heavy (non-hydrogen) atoms. The molecule has 0 amide bonds. The molecule has 0 aliphatic carbocycles. The van der Waals surface area contributed by atoms with E-state index in [1.165, 1.54) is 5.56 Å². The largest absolute Gasteiger partial charge is 0.313 e. The summed E-state index contributed by atoms with van der Waals surface area (Å²) in [6, 6.07) is 10.6. The number of nitrogens with zero attached hydrogens (tertiary/aromatic N) is 1. The van der Waals surface area contributed by atoms with E-state index >= 15 is 0 Å². The maximum atomic E-state index is 3.97. The Hall–Kier alpha value is -1.38. The normalized spacial score (nSPS) is 19.8. The molecule has 2 nitrogen and oxygen atoms in total. The van der Waals surface area contributed by atoms with Crippen LogP contribution in [-0.4, -0.2) is 30.1 Å². The van der Waals surface area contributed by atoms with Gasteiger partial charge in [0.05, 0.1) is 5.54 Å². The van der Waals surface area contributed by atoms with Crippen LogP contribution in [0.5, 0.6) is 0 Å². The molecule has 90 valence electrons. The monoisotopic (exact) mass is 228 g/mol. The van der Waals surface area contributed by atoms with Crippen LogP contribution in [0.3, 0.4) is 0 Å². The fourth-order valence-electron chi connectivity index (χ4n) is 2.34. The third-order valence-electron chi connectivity index (χ3n) is 3.48. The summed E-state index contributed by atoms with van der Waals surface area (Å²) in [5, 5.41) is 3.41. The molecule has 1 heterocycles. The van der Waals surface area contributed by atoms with Gasteiger partial charge in [-0.1, -0.05) is 42.5 Å². The highest BCUT2D eigenvalue weighted by molar-refractivity contribution is 5.21. The highest BCUT2D eigenvalue weighted by atomic mass is 15.2. The molecule has 1 aromatic carbocycles. The van der Waals surface area contributed by atoms with E-state index in [9.17, 15) is 0 Å². The average Bonchev–Trinajstić information content (AvgIpc) is 2.41. The summed E-state index contributed by atoms with van der Waals surface area (Å²) in [5.74, 6) is 0. The summed E-state index contributed by atoms with van der Waals surface area (Å²) in [5.41, 5.74) is 1.22. The van der Waals surface area contributed by atoms with Crippen molar-refractivity contribution >= 4 is 0 Å². The van der Waals surface area contributed by atoms with Crippen molar-refractivity contribution < 1.29 is 0 Å². The number of piperazine rings is 1. The van der Waals surface area contributed by atoms with Crippen LogP contribution in [-0.2, 0) is 6.54 Å². The van der Waals surface area contributed by atoms with Crippen LogP contribution in [0.4, 0.5) is 0 Å². The van der Waals surface area contributed by atoms with Gasteiger partial charge in [0.2, 0.25) is 0 Å². The van der Waals surface area contributed by atoms with Gasteiger partial charge in [0.1, 0.15) is 0 Å². The van der Waals surface area contributed by atoms with Crippen LogP contribution in [0.15, 0.2) is 55.6 Å². The number of hydrogen-bond donors (Lipinski definition) is 1. The summed E-state index contributed by atoms with van der Waals surface area (Å²) in [6.45, 7) is 11.8. The standard InChI is InChI=1S/C15H20N2/c1-3-15(4-2)13-16-10-11-17(15)12-14-8-6-5-7-9-14/h3-9,16H,1-2,10-13H2. The van der Waals surface area contributed by atoms with Gasteiger partial charge in [0.15, 0.2) is 0 Å². The Morgan fingerprint density at radius 1 is 1.24 bits per heavy atom. The van der Waals surface area contributed by atoms with E-state index in [0.717, 1.165) is 26.2 Å². The fraction of sp³-hybridized carbons (Fsp3) is 0.333. The zero-order valence-electron chi connectivity index (χ0n) is 10.2. The summed E-state index contributed by atoms with van der Waals surface area (Å²) in [6.07, 6.45) is 3.99. The molecule has 0 bridgehead atoms.